The second-order valence-electron chi connectivity index (χ2n) is 3.06. The highest BCUT2D eigenvalue weighted by molar-refractivity contribution is 5.80. The van der Waals surface area contributed by atoms with E-state index in [1.807, 2.05) is 0 Å². The predicted octanol–water partition coefficient (Wildman–Crippen LogP) is -1.64. The topological polar surface area (TPSA) is 95.6 Å². The predicted molar refractivity (Wildman–Crippen MR) is 39.2 cm³/mol. The minimum atomic E-state index is -1.28. The Kier molecular flexibility index (Phi) is 3.44. The quantitative estimate of drug-likeness (QED) is 0.227. The Morgan fingerprint density at radius 1 is 1.73 bits per heavy atom. The first kappa shape index (κ1) is 10.3. The molecule has 5 N–H and O–H groups in total. The monoisotopic (exact) mass is 162 g/mol. The number of aliphatic hydroxyl groups is 2. The van der Waals surface area contributed by atoms with Gasteiger partial charge in [0.05, 0.1) is 6.61 Å². The smallest absolute Gasteiger partial charge is 0.263 e. The maximum Gasteiger partial charge on any atom is 0.263 e. The van der Waals surface area contributed by atoms with Crippen molar-refractivity contribution in [1.29, 1.82) is 0 Å². The van der Waals surface area contributed by atoms with Gasteiger partial charge < -0.3 is 10.2 Å². The maximum atomic E-state index is 10.7. The molecule has 0 unspecified atom stereocenters. The Bertz CT molecular complexity index is 147. The van der Waals surface area contributed by atoms with E-state index in [-0.39, 0.29) is 6.61 Å². The summed E-state index contributed by atoms with van der Waals surface area (Å²) in [5.74, 6) is 4.09. The number of hydrogen-bond acceptors (Lipinski definition) is 4. The van der Waals surface area contributed by atoms with Crippen LogP contribution in [0.15, 0.2) is 0 Å². The second-order valence-corrected chi connectivity index (χ2v) is 3.06. The van der Waals surface area contributed by atoms with Crippen LogP contribution in [0.4, 0.5) is 0 Å². The van der Waals surface area contributed by atoms with Gasteiger partial charge in [-0.05, 0) is 0 Å². The fourth-order valence-corrected chi connectivity index (χ4v) is 0.520. The van der Waals surface area contributed by atoms with Gasteiger partial charge in [-0.2, -0.15) is 0 Å². The lowest BCUT2D eigenvalue weighted by Crippen LogP contribution is -2.47. The number of carbonyl (C=O) groups is 1. The number of carbonyl (C=O) groups excluding carboxylic acids is 1. The van der Waals surface area contributed by atoms with Crippen LogP contribution >= 0.6 is 0 Å². The molecular formula is C6H14N2O3. The molecule has 1 amide bonds. The highest BCUT2D eigenvalue weighted by Gasteiger charge is 2.32. The number of hydrogen-bond donors (Lipinski definition) is 4. The summed E-state index contributed by atoms with van der Waals surface area (Å²) in [5, 5.41) is 17.9. The van der Waals surface area contributed by atoms with Crippen LogP contribution in [-0.4, -0.2) is 28.8 Å². The van der Waals surface area contributed by atoms with Crippen LogP contribution in [0.1, 0.15) is 13.8 Å². The summed E-state index contributed by atoms with van der Waals surface area (Å²) in [6.07, 6.45) is -1.28. The Morgan fingerprint density at radius 3 is 2.45 bits per heavy atom. The van der Waals surface area contributed by atoms with Crippen molar-refractivity contribution in [2.75, 3.05) is 6.61 Å². The summed E-state index contributed by atoms with van der Waals surface area (Å²) in [6.45, 7) is 2.85. The zero-order valence-electron chi connectivity index (χ0n) is 6.66. The lowest BCUT2D eigenvalue weighted by Gasteiger charge is -2.26. The Balaban J connectivity index is 4.22. The molecule has 0 aliphatic heterocycles. The average molecular weight is 162 g/mol. The summed E-state index contributed by atoms with van der Waals surface area (Å²) in [4.78, 5) is 10.7. The van der Waals surface area contributed by atoms with Gasteiger partial charge >= 0.3 is 0 Å². The van der Waals surface area contributed by atoms with Gasteiger partial charge in [-0.15, -0.1) is 0 Å². The standard InChI is InChI=1S/C6H14N2O3/c1-6(2,3-9)4(10)5(11)8-7/h4,9-10H,3,7H2,1-2H3,(H,8,11)/t4-/m0/s1. The summed E-state index contributed by atoms with van der Waals surface area (Å²) in [5.41, 5.74) is 0.947. The van der Waals surface area contributed by atoms with E-state index < -0.39 is 17.4 Å². The summed E-state index contributed by atoms with van der Waals surface area (Å²) < 4.78 is 0. The van der Waals surface area contributed by atoms with E-state index in [2.05, 4.69) is 0 Å². The fraction of sp³-hybridized carbons (Fsp3) is 0.833. The van der Waals surface area contributed by atoms with E-state index in [0.29, 0.717) is 0 Å². The molecule has 0 rings (SSSR count). The van der Waals surface area contributed by atoms with Crippen LogP contribution < -0.4 is 11.3 Å². The van der Waals surface area contributed by atoms with Gasteiger partial charge in [0.2, 0.25) is 0 Å². The Labute approximate surface area is 65.2 Å². The van der Waals surface area contributed by atoms with Crippen molar-refractivity contribution >= 4 is 5.91 Å². The van der Waals surface area contributed by atoms with E-state index in [0.717, 1.165) is 0 Å². The Morgan fingerprint density at radius 2 is 2.18 bits per heavy atom. The first-order chi connectivity index (χ1) is 4.95. The molecule has 0 aromatic rings. The third-order valence-electron chi connectivity index (χ3n) is 1.54. The largest absolute Gasteiger partial charge is 0.396 e. The van der Waals surface area contributed by atoms with Crippen molar-refractivity contribution in [3.63, 3.8) is 0 Å². The minimum Gasteiger partial charge on any atom is -0.396 e. The number of nitrogens with two attached hydrogens (primary N) is 1. The molecule has 0 spiro atoms. The van der Waals surface area contributed by atoms with Crippen molar-refractivity contribution in [2.24, 2.45) is 11.3 Å². The van der Waals surface area contributed by atoms with Gasteiger partial charge in [-0.1, -0.05) is 13.8 Å². The number of hydrazine groups is 1. The van der Waals surface area contributed by atoms with Crippen molar-refractivity contribution < 1.29 is 15.0 Å². The van der Waals surface area contributed by atoms with Crippen LogP contribution in [0.2, 0.25) is 0 Å². The number of aliphatic hydroxyl groups excluding tert-OH is 2. The van der Waals surface area contributed by atoms with Crippen LogP contribution in [-0.2, 0) is 4.79 Å². The third-order valence-corrected chi connectivity index (χ3v) is 1.54. The minimum absolute atomic E-state index is 0.276. The lowest BCUT2D eigenvalue weighted by molar-refractivity contribution is -0.137. The SMILES string of the molecule is CC(C)(CO)[C@@H](O)C(=O)NN. The molecule has 0 heterocycles. The number of nitrogens with one attached hydrogen (secondary N) is 1. The van der Waals surface area contributed by atoms with Gasteiger partial charge in [-0.3, -0.25) is 10.2 Å². The third kappa shape index (κ3) is 2.45. The van der Waals surface area contributed by atoms with E-state index in [9.17, 15) is 9.90 Å². The van der Waals surface area contributed by atoms with Crippen molar-refractivity contribution in [1.82, 2.24) is 5.43 Å². The molecule has 11 heavy (non-hydrogen) atoms. The van der Waals surface area contributed by atoms with Crippen LogP contribution in [0.5, 0.6) is 0 Å². The van der Waals surface area contributed by atoms with E-state index in [4.69, 9.17) is 10.9 Å². The average Bonchev–Trinajstić information content (AvgIpc) is 2.01. The number of rotatable bonds is 3. The molecule has 0 fully saturated rings. The van der Waals surface area contributed by atoms with Crippen LogP contribution in [0, 0.1) is 5.41 Å². The van der Waals surface area contributed by atoms with E-state index in [1.54, 1.807) is 19.3 Å². The molecule has 0 aromatic heterocycles. The molecular weight excluding hydrogens is 148 g/mol. The lowest BCUT2D eigenvalue weighted by atomic mass is 9.87. The summed E-state index contributed by atoms with van der Waals surface area (Å²) in [6, 6.07) is 0. The van der Waals surface area contributed by atoms with Crippen molar-refractivity contribution in [3.8, 4) is 0 Å². The first-order valence-electron chi connectivity index (χ1n) is 3.25. The highest BCUT2D eigenvalue weighted by Crippen LogP contribution is 2.18. The number of amides is 1. The van der Waals surface area contributed by atoms with Gasteiger partial charge in [-0.25, -0.2) is 5.84 Å². The first-order valence-corrected chi connectivity index (χ1v) is 3.25. The van der Waals surface area contributed by atoms with E-state index in [1.165, 1.54) is 0 Å². The summed E-state index contributed by atoms with van der Waals surface area (Å²) >= 11 is 0. The van der Waals surface area contributed by atoms with Crippen molar-refractivity contribution in [2.45, 2.75) is 20.0 Å². The highest BCUT2D eigenvalue weighted by atomic mass is 16.3. The van der Waals surface area contributed by atoms with Gasteiger partial charge in [0.25, 0.3) is 5.91 Å². The normalized spacial score (nSPS) is 14.3. The fourth-order valence-electron chi connectivity index (χ4n) is 0.520. The second kappa shape index (κ2) is 3.66. The van der Waals surface area contributed by atoms with Crippen molar-refractivity contribution in [3.05, 3.63) is 0 Å². The van der Waals surface area contributed by atoms with Crippen LogP contribution in [0.3, 0.4) is 0 Å². The molecule has 0 saturated heterocycles. The summed E-state index contributed by atoms with van der Waals surface area (Å²) in [7, 11) is 0. The molecule has 0 saturated carbocycles. The maximum absolute atomic E-state index is 10.7. The molecule has 0 aliphatic rings. The van der Waals surface area contributed by atoms with Gasteiger partial charge in [0.15, 0.2) is 0 Å². The molecule has 0 bridgehead atoms. The Hall–Kier alpha value is -0.650. The zero-order chi connectivity index (χ0) is 9.07. The molecule has 66 valence electrons. The molecule has 0 aliphatic carbocycles. The molecule has 0 aromatic carbocycles. The molecule has 0 radical (unpaired) electrons. The molecule has 5 nitrogen and oxygen atoms in total. The van der Waals surface area contributed by atoms with Gasteiger partial charge in [0, 0.05) is 5.41 Å². The van der Waals surface area contributed by atoms with E-state index >= 15 is 0 Å². The van der Waals surface area contributed by atoms with Crippen LogP contribution in [0.25, 0.3) is 0 Å². The molecule has 5 heteroatoms. The zero-order valence-corrected chi connectivity index (χ0v) is 6.66. The molecule has 1 atom stereocenters. The van der Waals surface area contributed by atoms with Gasteiger partial charge in [0.1, 0.15) is 6.10 Å².